The number of hydrogen-bond donors (Lipinski definition) is 3. The summed E-state index contributed by atoms with van der Waals surface area (Å²) in [7, 11) is 3.00. The molecule has 0 aromatic heterocycles. The first kappa shape index (κ1) is 41.8. The molecule has 7 atom stereocenters. The maximum atomic E-state index is 15.0. The Morgan fingerprint density at radius 3 is 2.59 bits per heavy atom. The molecule has 4 aromatic rings. The number of hydrogen-bond acceptors (Lipinski definition) is 15. The average Bonchev–Trinajstić information content (AvgIpc) is 3.79. The van der Waals surface area contributed by atoms with Crippen LogP contribution >= 0.6 is 11.8 Å². The summed E-state index contributed by atoms with van der Waals surface area (Å²) in [5.41, 5.74) is 4.94. The van der Waals surface area contributed by atoms with Gasteiger partial charge in [0.2, 0.25) is 6.79 Å². The quantitative estimate of drug-likeness (QED) is 0.0824. The van der Waals surface area contributed by atoms with Crippen molar-refractivity contribution in [3.05, 3.63) is 117 Å². The third-order valence-electron chi connectivity index (χ3n) is 13.8. The van der Waals surface area contributed by atoms with Gasteiger partial charge >= 0.3 is 11.9 Å². The zero-order valence-corrected chi connectivity index (χ0v) is 36.7. The molecule has 1 unspecified atom stereocenters. The van der Waals surface area contributed by atoms with Gasteiger partial charge in [0.05, 0.1) is 37.6 Å². The van der Waals surface area contributed by atoms with Crippen LogP contribution < -0.4 is 29.0 Å². The lowest BCUT2D eigenvalue weighted by molar-refractivity contribution is -0.157. The van der Waals surface area contributed by atoms with Crippen molar-refractivity contribution < 1.29 is 48.2 Å². The number of aromatic hydroxyl groups is 2. The molecule has 0 amide bonds. The fraction of sp³-hybridized carbons (Fsp3) is 0.367. The number of fused-ring (bicyclic) bond motifs is 9. The van der Waals surface area contributed by atoms with Crippen LogP contribution in [0.15, 0.2) is 67.3 Å². The fourth-order valence-electron chi connectivity index (χ4n) is 11.2. The van der Waals surface area contributed by atoms with Crippen LogP contribution in [-0.4, -0.2) is 96.5 Å². The minimum atomic E-state index is -1.41. The Bertz CT molecular complexity index is 2680. The number of methoxy groups -OCH3 is 2. The number of carbonyl (C=O) groups is 2. The van der Waals surface area contributed by atoms with Crippen LogP contribution in [0.2, 0.25) is 0 Å². The Hall–Kier alpha value is -6.18. The van der Waals surface area contributed by atoms with Crippen LogP contribution in [0.5, 0.6) is 40.2 Å². The van der Waals surface area contributed by atoms with E-state index in [1.807, 2.05) is 56.3 Å². The number of nitrogens with one attached hydrogen (secondary N) is 1. The van der Waals surface area contributed by atoms with E-state index >= 15 is 4.79 Å². The van der Waals surface area contributed by atoms with Crippen LogP contribution in [0, 0.1) is 25.2 Å². The van der Waals surface area contributed by atoms with Crippen LogP contribution in [0.3, 0.4) is 0 Å². The second-order valence-electron chi connectivity index (χ2n) is 17.0. The molecule has 7 heterocycles. The molecule has 64 heavy (non-hydrogen) atoms. The lowest BCUT2D eigenvalue weighted by atomic mass is 9.71. The summed E-state index contributed by atoms with van der Waals surface area (Å²) in [5, 5.41) is 37.5. The summed E-state index contributed by atoms with van der Waals surface area (Å²) < 4.78 is 36.9. The van der Waals surface area contributed by atoms with Gasteiger partial charge in [0.25, 0.3) is 0 Å². The van der Waals surface area contributed by atoms with Crippen molar-refractivity contribution >= 4 is 29.8 Å². The van der Waals surface area contributed by atoms with Gasteiger partial charge in [-0.1, -0.05) is 42.5 Å². The van der Waals surface area contributed by atoms with Gasteiger partial charge in [-0.3, -0.25) is 15.1 Å². The maximum Gasteiger partial charge on any atom is 0.336 e. The Morgan fingerprint density at radius 2 is 1.84 bits per heavy atom. The first-order valence-electron chi connectivity index (χ1n) is 21.3. The molecule has 2 fully saturated rings. The normalized spacial score (nSPS) is 26.5. The molecular formula is C49H48N4O10S. The van der Waals surface area contributed by atoms with E-state index in [2.05, 4.69) is 27.8 Å². The van der Waals surface area contributed by atoms with Crippen LogP contribution in [0.1, 0.15) is 67.4 Å². The minimum absolute atomic E-state index is 0.0146. The van der Waals surface area contributed by atoms with Crippen molar-refractivity contribution in [3.8, 4) is 46.3 Å². The van der Waals surface area contributed by atoms with Gasteiger partial charge in [-0.05, 0) is 72.7 Å². The Morgan fingerprint density at radius 1 is 1.05 bits per heavy atom. The van der Waals surface area contributed by atoms with Gasteiger partial charge in [0.1, 0.15) is 18.4 Å². The highest BCUT2D eigenvalue weighted by Crippen LogP contribution is 2.65. The molecule has 330 valence electrons. The highest BCUT2D eigenvalue weighted by molar-refractivity contribution is 7.99. The molecule has 0 saturated carbocycles. The number of ether oxygens (including phenoxy) is 6. The molecule has 1 spiro atoms. The van der Waals surface area contributed by atoms with Crippen molar-refractivity contribution in [3.63, 3.8) is 0 Å². The highest BCUT2D eigenvalue weighted by Gasteiger charge is 2.62. The number of thioether (sulfide) groups is 1. The van der Waals surface area contributed by atoms with Crippen LogP contribution in [0.25, 0.3) is 6.08 Å². The van der Waals surface area contributed by atoms with E-state index in [0.29, 0.717) is 71.0 Å². The zero-order chi connectivity index (χ0) is 44.6. The number of nitrogens with zero attached hydrogens (tertiary/aromatic N) is 3. The van der Waals surface area contributed by atoms with Gasteiger partial charge in [0.15, 0.2) is 40.0 Å². The minimum Gasteiger partial charge on any atom is -0.504 e. The predicted octanol–water partition coefficient (Wildman–Crippen LogP) is 6.24. The zero-order valence-electron chi connectivity index (χ0n) is 35.9. The Kier molecular flexibility index (Phi) is 10.5. The van der Waals surface area contributed by atoms with E-state index < -0.39 is 46.9 Å². The number of aryl methyl sites for hydroxylation is 1. The summed E-state index contributed by atoms with van der Waals surface area (Å²) >= 11 is 1.46. The van der Waals surface area contributed by atoms with Gasteiger partial charge in [0, 0.05) is 59.3 Å². The molecule has 4 aromatic carbocycles. The molecule has 0 radical (unpaired) electrons. The monoisotopic (exact) mass is 884 g/mol. The Balaban J connectivity index is 1.24. The maximum absolute atomic E-state index is 15.0. The van der Waals surface area contributed by atoms with E-state index in [4.69, 9.17) is 28.4 Å². The summed E-state index contributed by atoms with van der Waals surface area (Å²) in [6, 6.07) is 14.4. The molecule has 11 rings (SSSR count). The summed E-state index contributed by atoms with van der Waals surface area (Å²) in [6.07, 6.45) is 5.87. The van der Waals surface area contributed by atoms with Gasteiger partial charge in [-0.15, -0.1) is 18.3 Å². The number of phenolic OH excluding ortho intramolecular Hbond substituents is 2. The largest absolute Gasteiger partial charge is 0.504 e. The number of phenols is 2. The number of rotatable bonds is 7. The first-order chi connectivity index (χ1) is 31.0. The van der Waals surface area contributed by atoms with Crippen LogP contribution in [0.4, 0.5) is 0 Å². The van der Waals surface area contributed by atoms with Crippen molar-refractivity contribution in [2.75, 3.05) is 46.5 Å². The van der Waals surface area contributed by atoms with Crippen molar-refractivity contribution in [1.82, 2.24) is 15.1 Å². The van der Waals surface area contributed by atoms with Gasteiger partial charge in [-0.2, -0.15) is 5.26 Å². The third-order valence-corrected chi connectivity index (χ3v) is 15.2. The molecule has 7 aliphatic heterocycles. The summed E-state index contributed by atoms with van der Waals surface area (Å²) in [6.45, 7) is 8.35. The second kappa shape index (κ2) is 16.1. The van der Waals surface area contributed by atoms with Crippen LogP contribution in [-0.2, 0) is 32.7 Å². The number of nitriles is 1. The standard InChI is InChI=1S/C49H48N4O10S/c1-6-16-52-31-18-29-17-25(2)43(59-5)42(56)37(29)40(52)41-47-39-38(46-45(61-24-62-46)26(3)44(39)63-36(55)13-12-27-10-8-7-9-11-27)33(53(41)32(31)21-50)22-60-48(57)49(23-64-47)30-20-35(58-4)34(54)19-28(30)14-15-51-49/h6-13,17,19-20,31-33,40-41,47,51,54,56H,1,14-16,18,22-24H2,2-5H3/b13-12+/t31-,32-,33-,40-,41?,47+,49+/m0/s1. The van der Waals surface area contributed by atoms with E-state index in [1.54, 1.807) is 18.2 Å². The molecule has 3 N–H and O–H groups in total. The lowest BCUT2D eigenvalue weighted by Gasteiger charge is -2.62. The topological polar surface area (TPSA) is 172 Å². The molecule has 15 heteroatoms. The highest BCUT2D eigenvalue weighted by atomic mass is 32.2. The first-order valence-corrected chi connectivity index (χ1v) is 22.4. The summed E-state index contributed by atoms with van der Waals surface area (Å²) in [4.78, 5) is 33.5. The van der Waals surface area contributed by atoms with E-state index in [9.17, 15) is 20.3 Å². The third kappa shape index (κ3) is 6.25. The smallest absolute Gasteiger partial charge is 0.336 e. The second-order valence-corrected chi connectivity index (χ2v) is 18.1. The van der Waals surface area contributed by atoms with E-state index in [1.165, 1.54) is 32.1 Å². The number of esters is 2. The van der Waals surface area contributed by atoms with E-state index in [-0.39, 0.29) is 48.2 Å². The van der Waals surface area contributed by atoms with Crippen molar-refractivity contribution in [2.45, 2.75) is 67.7 Å². The predicted molar refractivity (Wildman–Crippen MR) is 237 cm³/mol. The van der Waals surface area contributed by atoms with Crippen molar-refractivity contribution in [2.24, 2.45) is 0 Å². The average molecular weight is 885 g/mol. The Labute approximate surface area is 374 Å². The molecule has 14 nitrogen and oxygen atoms in total. The van der Waals surface area contributed by atoms with Crippen molar-refractivity contribution in [1.29, 1.82) is 5.26 Å². The fourth-order valence-corrected chi connectivity index (χ4v) is 12.8. The number of piperazine rings is 1. The summed E-state index contributed by atoms with van der Waals surface area (Å²) in [5.74, 6) is 0.619. The molecular weight excluding hydrogens is 837 g/mol. The van der Waals surface area contributed by atoms with Gasteiger partial charge in [-0.25, -0.2) is 9.59 Å². The molecule has 4 bridgehead atoms. The van der Waals surface area contributed by atoms with Gasteiger partial charge < -0.3 is 38.6 Å². The SMILES string of the molecule is C=CCN1[C@H]2c3c(cc(C)c(OC)c3O)C[C@H]1[C@H](C#N)N1C2[C@@H]2SC[C@]3(NCCc4cc(O)c(OC)cc43)C(=O)OC[C@H]1c1c3c(c(C)c(OC(=O)/C=C/c4ccccc4)c12)OCO3. The molecule has 7 aliphatic rings. The molecule has 2 saturated heterocycles. The number of carbonyl (C=O) groups excluding carboxylic acids is 2. The lowest BCUT2D eigenvalue weighted by Crippen LogP contribution is -2.70. The number of benzene rings is 4. The molecule has 0 aliphatic carbocycles. The van der Waals surface area contributed by atoms with E-state index in [0.717, 1.165) is 22.3 Å².